The fourth-order valence-corrected chi connectivity index (χ4v) is 5.20. The molecule has 1 aromatic heterocycles. The number of nitrogens with zero attached hydrogens (tertiary/aromatic N) is 2. The first-order valence-electron chi connectivity index (χ1n) is 17.8. The number of aliphatic hydroxyl groups excluding tert-OH is 1. The van der Waals surface area contributed by atoms with Crippen LogP contribution in [0.2, 0.25) is 0 Å². The van der Waals surface area contributed by atoms with Gasteiger partial charge >= 0.3 is 6.09 Å². The molecule has 0 aliphatic carbocycles. The quantitative estimate of drug-likeness (QED) is 0.0975. The molecule has 15 nitrogen and oxygen atoms in total. The van der Waals surface area contributed by atoms with Crippen molar-refractivity contribution < 1.29 is 38.6 Å². The summed E-state index contributed by atoms with van der Waals surface area (Å²) >= 11 is 0. The lowest BCUT2D eigenvalue weighted by Gasteiger charge is -2.28. The lowest BCUT2D eigenvalue weighted by molar-refractivity contribution is -0.139. The number of pyridine rings is 1. The smallest absolute Gasteiger partial charge is 0.407 e. The Labute approximate surface area is 295 Å². The van der Waals surface area contributed by atoms with Crippen LogP contribution >= 0.6 is 0 Å². The fraction of sp³-hybridized carbons (Fsp3) is 0.686. The summed E-state index contributed by atoms with van der Waals surface area (Å²) in [5.41, 5.74) is -0.0674. The number of rotatable bonds is 22. The maximum absolute atomic E-state index is 13.1. The highest BCUT2D eigenvalue weighted by atomic mass is 16.6. The van der Waals surface area contributed by atoms with Crippen LogP contribution in [-0.2, 0) is 28.7 Å². The molecule has 2 heterocycles. The topological polar surface area (TPSA) is 208 Å². The summed E-state index contributed by atoms with van der Waals surface area (Å²) in [4.78, 5) is 79.1. The van der Waals surface area contributed by atoms with Crippen molar-refractivity contribution in [2.24, 2.45) is 0 Å². The summed E-state index contributed by atoms with van der Waals surface area (Å²) in [6.07, 6.45) is 7.55. The molecule has 0 bridgehead atoms. The van der Waals surface area contributed by atoms with E-state index in [2.05, 4.69) is 31.6 Å². The number of likely N-dealkylation sites (tertiary alicyclic amines) is 1. The predicted molar refractivity (Wildman–Crippen MR) is 186 cm³/mol. The number of nitrogens with one attached hydrogen (secondary N) is 5. The van der Waals surface area contributed by atoms with Crippen molar-refractivity contribution in [3.05, 3.63) is 30.1 Å². The number of unbranched alkanes of at least 4 members (excludes halogenated alkanes) is 2. The highest BCUT2D eigenvalue weighted by molar-refractivity contribution is 5.88. The molecule has 2 rings (SSSR count). The third kappa shape index (κ3) is 18.5. The van der Waals surface area contributed by atoms with Gasteiger partial charge in [-0.25, -0.2) is 4.79 Å². The zero-order chi connectivity index (χ0) is 36.8. The van der Waals surface area contributed by atoms with Crippen molar-refractivity contribution in [2.75, 3.05) is 39.3 Å². The van der Waals surface area contributed by atoms with Gasteiger partial charge in [-0.05, 0) is 83.4 Å². The monoisotopic (exact) mass is 703 g/mol. The van der Waals surface area contributed by atoms with E-state index < -0.39 is 23.8 Å². The molecule has 0 radical (unpaired) electrons. The van der Waals surface area contributed by atoms with Crippen molar-refractivity contribution in [1.29, 1.82) is 0 Å². The largest absolute Gasteiger partial charge is 0.444 e. The van der Waals surface area contributed by atoms with Crippen LogP contribution in [-0.4, -0.2) is 102 Å². The number of hydrogen-bond acceptors (Lipinski definition) is 9. The highest BCUT2D eigenvalue weighted by Gasteiger charge is 2.34. The zero-order valence-corrected chi connectivity index (χ0v) is 29.9. The van der Waals surface area contributed by atoms with E-state index in [1.165, 1.54) is 12.4 Å². The first kappa shape index (κ1) is 41.9. The van der Waals surface area contributed by atoms with E-state index >= 15 is 0 Å². The van der Waals surface area contributed by atoms with Crippen LogP contribution in [0.25, 0.3) is 0 Å². The fourth-order valence-electron chi connectivity index (χ4n) is 5.20. The lowest BCUT2D eigenvalue weighted by atomic mass is 10.0. The molecular formula is C35H57N7O8. The Morgan fingerprint density at radius 1 is 0.720 bits per heavy atom. The molecule has 15 heteroatoms. The molecule has 6 N–H and O–H groups in total. The SMILES string of the molecule is CC(C)(C)OC(=O)NCCCC(=O)NCCCC(=O)NCCCC(=O)NCCCCCC(=O)N[C@@H](C(=O)N1CCCC1)[C@@H](O)c1ccncc1. The van der Waals surface area contributed by atoms with Crippen molar-refractivity contribution in [3.8, 4) is 0 Å². The van der Waals surface area contributed by atoms with Gasteiger partial charge in [-0.15, -0.1) is 0 Å². The standard InChI is InChI=1S/C35H57N7O8/c1-35(2,3)50-34(49)40-21-11-15-29(45)39-20-10-14-28(44)38-19-9-13-27(43)37-18-6-4-5-12-30(46)41-31(33(48)42-24-7-8-25-42)32(47)26-16-22-36-23-17-26/h16-17,22-23,31-32,47H,4-15,18-21,24-25H2,1-3H3,(H,37,43)(H,38,44)(H,39,45)(H,40,49)(H,41,46)/t31-,32+/m1/s1. The Hall–Kier alpha value is -4.27. The average Bonchev–Trinajstić information content (AvgIpc) is 3.62. The summed E-state index contributed by atoms with van der Waals surface area (Å²) < 4.78 is 5.13. The van der Waals surface area contributed by atoms with Gasteiger partial charge < -0.3 is 41.3 Å². The van der Waals surface area contributed by atoms with E-state index in [-0.39, 0.29) is 55.2 Å². The van der Waals surface area contributed by atoms with Crippen molar-refractivity contribution in [1.82, 2.24) is 36.5 Å². The van der Waals surface area contributed by atoms with E-state index in [9.17, 15) is 33.9 Å². The Balaban J connectivity index is 1.48. The lowest BCUT2D eigenvalue weighted by Crippen LogP contribution is -2.51. The van der Waals surface area contributed by atoms with Crippen LogP contribution in [0.1, 0.15) is 109 Å². The number of carbonyl (C=O) groups is 6. The van der Waals surface area contributed by atoms with E-state index in [1.54, 1.807) is 37.8 Å². The van der Waals surface area contributed by atoms with Crippen molar-refractivity contribution in [3.63, 3.8) is 0 Å². The van der Waals surface area contributed by atoms with E-state index in [0.29, 0.717) is 83.4 Å². The Morgan fingerprint density at radius 2 is 1.20 bits per heavy atom. The number of aliphatic hydroxyl groups is 1. The Morgan fingerprint density at radius 3 is 1.72 bits per heavy atom. The zero-order valence-electron chi connectivity index (χ0n) is 29.9. The summed E-state index contributed by atoms with van der Waals surface area (Å²) in [5, 5.41) is 24.6. The molecule has 6 amide bonds. The maximum Gasteiger partial charge on any atom is 0.407 e. The maximum atomic E-state index is 13.1. The van der Waals surface area contributed by atoms with Crippen LogP contribution in [0.5, 0.6) is 0 Å². The minimum atomic E-state index is -1.18. The van der Waals surface area contributed by atoms with Gasteiger partial charge in [-0.3, -0.25) is 29.0 Å². The van der Waals surface area contributed by atoms with E-state index in [0.717, 1.165) is 12.8 Å². The second-order valence-corrected chi connectivity index (χ2v) is 13.4. The molecule has 1 fully saturated rings. The minimum absolute atomic E-state index is 0.116. The summed E-state index contributed by atoms with van der Waals surface area (Å²) in [5.74, 6) is -1.02. The average molecular weight is 704 g/mol. The van der Waals surface area contributed by atoms with Crippen LogP contribution in [0.15, 0.2) is 24.5 Å². The second kappa shape index (κ2) is 23.2. The number of ether oxygens (including phenoxy) is 1. The highest BCUT2D eigenvalue weighted by Crippen LogP contribution is 2.20. The number of aromatic nitrogens is 1. The number of amides is 6. The molecular weight excluding hydrogens is 646 g/mol. The first-order chi connectivity index (χ1) is 23.9. The predicted octanol–water partition coefficient (Wildman–Crippen LogP) is 2.00. The Kier molecular flexibility index (Phi) is 19.4. The van der Waals surface area contributed by atoms with Gasteiger partial charge in [0.25, 0.3) is 0 Å². The molecule has 1 aliphatic rings. The molecule has 50 heavy (non-hydrogen) atoms. The molecule has 0 unspecified atom stereocenters. The molecule has 2 atom stereocenters. The summed E-state index contributed by atoms with van der Waals surface area (Å²) in [6.45, 7) is 8.08. The molecule has 1 aliphatic heterocycles. The molecule has 0 aromatic carbocycles. The first-order valence-corrected chi connectivity index (χ1v) is 17.8. The molecule has 280 valence electrons. The summed E-state index contributed by atoms with van der Waals surface area (Å²) in [6, 6.07) is 2.18. The molecule has 0 spiro atoms. The molecule has 1 aromatic rings. The van der Waals surface area contributed by atoms with Crippen LogP contribution in [0, 0.1) is 0 Å². The third-order valence-electron chi connectivity index (χ3n) is 7.82. The van der Waals surface area contributed by atoms with E-state index in [1.807, 2.05) is 0 Å². The number of hydrogen-bond donors (Lipinski definition) is 6. The van der Waals surface area contributed by atoms with Crippen LogP contribution in [0.3, 0.4) is 0 Å². The van der Waals surface area contributed by atoms with Gasteiger partial charge in [0.15, 0.2) is 0 Å². The van der Waals surface area contributed by atoms with Crippen LogP contribution in [0.4, 0.5) is 4.79 Å². The van der Waals surface area contributed by atoms with Crippen molar-refractivity contribution >= 4 is 35.6 Å². The number of alkyl carbamates (subject to hydrolysis) is 1. The number of carbonyl (C=O) groups excluding carboxylic acids is 6. The normalized spacial score (nSPS) is 13.9. The molecule has 0 saturated carbocycles. The van der Waals surface area contributed by atoms with Gasteiger partial charge in [0.1, 0.15) is 17.7 Å². The molecule has 1 saturated heterocycles. The van der Waals surface area contributed by atoms with Gasteiger partial charge in [-0.1, -0.05) is 6.42 Å². The van der Waals surface area contributed by atoms with Crippen LogP contribution < -0.4 is 26.6 Å². The van der Waals surface area contributed by atoms with E-state index in [4.69, 9.17) is 4.74 Å². The van der Waals surface area contributed by atoms with Gasteiger partial charge in [-0.2, -0.15) is 0 Å². The van der Waals surface area contributed by atoms with Gasteiger partial charge in [0, 0.05) is 77.3 Å². The van der Waals surface area contributed by atoms with Gasteiger partial charge in [0.2, 0.25) is 29.5 Å². The Bertz CT molecular complexity index is 1220. The summed E-state index contributed by atoms with van der Waals surface area (Å²) in [7, 11) is 0. The van der Waals surface area contributed by atoms with Crippen molar-refractivity contribution in [2.45, 2.75) is 116 Å². The van der Waals surface area contributed by atoms with Gasteiger partial charge in [0.05, 0.1) is 0 Å². The third-order valence-corrected chi connectivity index (χ3v) is 7.82. The minimum Gasteiger partial charge on any atom is -0.444 e. The second-order valence-electron chi connectivity index (χ2n) is 13.4.